The van der Waals surface area contributed by atoms with Crippen LogP contribution in [0.25, 0.3) is 11.0 Å². The Hall–Kier alpha value is -2.10. The summed E-state index contributed by atoms with van der Waals surface area (Å²) in [6.45, 7) is 8.82. The lowest BCUT2D eigenvalue weighted by Gasteiger charge is -2.08. The SMILES string of the molecule is C=C(C)Cn1c(CCCC(=O)O)nc2cc(CC)ccc21. The summed E-state index contributed by atoms with van der Waals surface area (Å²) < 4.78 is 2.15. The number of carboxylic acids is 1. The minimum atomic E-state index is -0.758. The third kappa shape index (κ3) is 3.72. The van der Waals surface area contributed by atoms with Crippen LogP contribution in [0.5, 0.6) is 0 Å². The van der Waals surface area contributed by atoms with Crippen LogP contribution in [-0.2, 0) is 24.2 Å². The maximum Gasteiger partial charge on any atom is 0.303 e. The van der Waals surface area contributed by atoms with E-state index in [0.717, 1.165) is 35.4 Å². The van der Waals surface area contributed by atoms with E-state index in [1.54, 1.807) is 0 Å². The molecule has 0 saturated carbocycles. The Kier molecular flexibility index (Phi) is 4.78. The molecular weight excluding hydrogens is 264 g/mol. The van der Waals surface area contributed by atoms with Gasteiger partial charge in [-0.2, -0.15) is 0 Å². The molecule has 0 fully saturated rings. The van der Waals surface area contributed by atoms with E-state index in [1.165, 1.54) is 5.56 Å². The summed E-state index contributed by atoms with van der Waals surface area (Å²) in [7, 11) is 0. The fourth-order valence-corrected chi connectivity index (χ4v) is 2.48. The Labute approximate surface area is 125 Å². The van der Waals surface area contributed by atoms with Crippen molar-refractivity contribution in [2.24, 2.45) is 0 Å². The van der Waals surface area contributed by atoms with Gasteiger partial charge in [0.05, 0.1) is 11.0 Å². The second-order valence-corrected chi connectivity index (χ2v) is 5.50. The van der Waals surface area contributed by atoms with Gasteiger partial charge in [0.15, 0.2) is 0 Å². The number of rotatable bonds is 7. The number of allylic oxidation sites excluding steroid dienone is 1. The minimum Gasteiger partial charge on any atom is -0.481 e. The molecule has 1 aromatic heterocycles. The first-order chi connectivity index (χ1) is 10.0. The molecule has 21 heavy (non-hydrogen) atoms. The summed E-state index contributed by atoms with van der Waals surface area (Å²) in [5.41, 5.74) is 4.41. The lowest BCUT2D eigenvalue weighted by atomic mass is 10.1. The first-order valence-electron chi connectivity index (χ1n) is 7.35. The van der Waals surface area contributed by atoms with Gasteiger partial charge in [0.2, 0.25) is 0 Å². The van der Waals surface area contributed by atoms with Crippen LogP contribution in [0.15, 0.2) is 30.4 Å². The highest BCUT2D eigenvalue weighted by Crippen LogP contribution is 2.21. The van der Waals surface area contributed by atoms with Crippen LogP contribution >= 0.6 is 0 Å². The van der Waals surface area contributed by atoms with Crippen molar-refractivity contribution in [1.29, 1.82) is 0 Å². The van der Waals surface area contributed by atoms with E-state index in [2.05, 4.69) is 36.3 Å². The number of hydrogen-bond acceptors (Lipinski definition) is 2. The Morgan fingerprint density at radius 2 is 2.19 bits per heavy atom. The molecule has 0 atom stereocenters. The predicted octanol–water partition coefficient (Wildman–Crippen LogP) is 3.58. The first-order valence-corrected chi connectivity index (χ1v) is 7.35. The molecule has 0 aliphatic rings. The van der Waals surface area contributed by atoms with Crippen molar-refractivity contribution in [1.82, 2.24) is 9.55 Å². The molecule has 112 valence electrons. The molecule has 0 radical (unpaired) electrons. The van der Waals surface area contributed by atoms with E-state index in [9.17, 15) is 4.79 Å². The predicted molar refractivity (Wildman–Crippen MR) is 84.5 cm³/mol. The zero-order valence-corrected chi connectivity index (χ0v) is 12.7. The second kappa shape index (κ2) is 6.57. The van der Waals surface area contributed by atoms with Gasteiger partial charge in [0.25, 0.3) is 0 Å². The molecule has 1 heterocycles. The number of aromatic nitrogens is 2. The molecule has 0 aliphatic carbocycles. The highest BCUT2D eigenvalue weighted by molar-refractivity contribution is 5.77. The van der Waals surface area contributed by atoms with Crippen LogP contribution in [0, 0.1) is 0 Å². The monoisotopic (exact) mass is 286 g/mol. The van der Waals surface area contributed by atoms with Gasteiger partial charge < -0.3 is 9.67 Å². The van der Waals surface area contributed by atoms with E-state index < -0.39 is 5.97 Å². The fraction of sp³-hybridized carbons (Fsp3) is 0.412. The highest BCUT2D eigenvalue weighted by Gasteiger charge is 2.11. The van der Waals surface area contributed by atoms with E-state index in [0.29, 0.717) is 12.8 Å². The smallest absolute Gasteiger partial charge is 0.303 e. The Morgan fingerprint density at radius 3 is 2.81 bits per heavy atom. The molecule has 0 saturated heterocycles. The topological polar surface area (TPSA) is 55.1 Å². The Balaban J connectivity index is 2.36. The number of imidazole rings is 1. The van der Waals surface area contributed by atoms with Gasteiger partial charge in [-0.05, 0) is 37.5 Å². The van der Waals surface area contributed by atoms with Crippen molar-refractivity contribution in [3.05, 3.63) is 41.7 Å². The molecule has 4 heteroatoms. The van der Waals surface area contributed by atoms with Crippen molar-refractivity contribution in [2.45, 2.75) is 46.1 Å². The van der Waals surface area contributed by atoms with Crippen LogP contribution in [0.4, 0.5) is 0 Å². The van der Waals surface area contributed by atoms with E-state index in [1.807, 2.05) is 6.92 Å². The summed E-state index contributed by atoms with van der Waals surface area (Å²) in [4.78, 5) is 15.4. The van der Waals surface area contributed by atoms with E-state index in [4.69, 9.17) is 10.1 Å². The van der Waals surface area contributed by atoms with Crippen molar-refractivity contribution in [3.8, 4) is 0 Å². The Morgan fingerprint density at radius 1 is 1.43 bits per heavy atom. The summed E-state index contributed by atoms with van der Waals surface area (Å²) >= 11 is 0. The van der Waals surface area contributed by atoms with Crippen LogP contribution in [-0.4, -0.2) is 20.6 Å². The number of benzene rings is 1. The average molecular weight is 286 g/mol. The van der Waals surface area contributed by atoms with Crippen molar-refractivity contribution in [3.63, 3.8) is 0 Å². The fourth-order valence-electron chi connectivity index (χ4n) is 2.48. The zero-order chi connectivity index (χ0) is 15.4. The summed E-state index contributed by atoms with van der Waals surface area (Å²) in [5.74, 6) is 0.188. The first kappa shape index (κ1) is 15.3. The average Bonchev–Trinajstić information content (AvgIpc) is 2.75. The standard InChI is InChI=1S/C17H22N2O2/c1-4-13-8-9-15-14(10-13)18-16(6-5-7-17(20)21)19(15)11-12(2)3/h8-10H,2,4-7,11H2,1,3H3,(H,20,21). The normalized spacial score (nSPS) is 11.0. The Bertz CT molecular complexity index is 671. The maximum atomic E-state index is 10.7. The summed E-state index contributed by atoms with van der Waals surface area (Å²) in [6, 6.07) is 6.34. The number of hydrogen-bond donors (Lipinski definition) is 1. The molecule has 4 nitrogen and oxygen atoms in total. The third-order valence-corrected chi connectivity index (χ3v) is 3.52. The molecule has 0 bridgehead atoms. The molecule has 2 rings (SSSR count). The number of fused-ring (bicyclic) bond motifs is 1. The number of aryl methyl sites for hydroxylation is 2. The molecule has 0 spiro atoms. The van der Waals surface area contributed by atoms with Gasteiger partial charge in [-0.15, -0.1) is 0 Å². The summed E-state index contributed by atoms with van der Waals surface area (Å²) in [6.07, 6.45) is 2.44. The van der Waals surface area contributed by atoms with Crippen molar-refractivity contribution >= 4 is 17.0 Å². The zero-order valence-electron chi connectivity index (χ0n) is 12.7. The van der Waals surface area contributed by atoms with Crippen LogP contribution in [0.1, 0.15) is 38.1 Å². The van der Waals surface area contributed by atoms with Crippen LogP contribution in [0.3, 0.4) is 0 Å². The van der Waals surface area contributed by atoms with E-state index in [-0.39, 0.29) is 6.42 Å². The molecule has 0 aliphatic heterocycles. The molecule has 0 unspecified atom stereocenters. The van der Waals surface area contributed by atoms with Crippen LogP contribution in [0.2, 0.25) is 0 Å². The summed E-state index contributed by atoms with van der Waals surface area (Å²) in [5, 5.41) is 8.77. The molecular formula is C17H22N2O2. The second-order valence-electron chi connectivity index (χ2n) is 5.50. The molecule has 1 N–H and O–H groups in total. The van der Waals surface area contributed by atoms with Crippen LogP contribution < -0.4 is 0 Å². The lowest BCUT2D eigenvalue weighted by Crippen LogP contribution is -2.06. The van der Waals surface area contributed by atoms with Crippen molar-refractivity contribution in [2.75, 3.05) is 0 Å². The third-order valence-electron chi connectivity index (χ3n) is 3.52. The number of aliphatic carboxylic acids is 1. The van der Waals surface area contributed by atoms with Gasteiger partial charge in [-0.1, -0.05) is 25.1 Å². The van der Waals surface area contributed by atoms with E-state index >= 15 is 0 Å². The van der Waals surface area contributed by atoms with Gasteiger partial charge in [0, 0.05) is 19.4 Å². The minimum absolute atomic E-state index is 0.177. The number of carboxylic acid groups (broad SMARTS) is 1. The number of nitrogens with zero attached hydrogens (tertiary/aromatic N) is 2. The largest absolute Gasteiger partial charge is 0.481 e. The lowest BCUT2D eigenvalue weighted by molar-refractivity contribution is -0.137. The molecule has 2 aromatic rings. The number of carbonyl (C=O) groups is 1. The maximum absolute atomic E-state index is 10.7. The van der Waals surface area contributed by atoms with Gasteiger partial charge in [0.1, 0.15) is 5.82 Å². The van der Waals surface area contributed by atoms with Gasteiger partial charge in [-0.3, -0.25) is 4.79 Å². The van der Waals surface area contributed by atoms with Crippen molar-refractivity contribution < 1.29 is 9.90 Å². The molecule has 1 aromatic carbocycles. The highest BCUT2D eigenvalue weighted by atomic mass is 16.4. The van der Waals surface area contributed by atoms with Gasteiger partial charge >= 0.3 is 5.97 Å². The quantitative estimate of drug-likeness (QED) is 0.791. The van der Waals surface area contributed by atoms with Gasteiger partial charge in [-0.25, -0.2) is 4.98 Å². The molecule has 0 amide bonds.